The summed E-state index contributed by atoms with van der Waals surface area (Å²) in [5.41, 5.74) is 0. The third-order valence-corrected chi connectivity index (χ3v) is 3.81. The molecule has 0 spiro atoms. The van der Waals surface area contributed by atoms with Gasteiger partial charge in [0.25, 0.3) is 6.43 Å². The molecule has 1 saturated carbocycles. The molecule has 0 radical (unpaired) electrons. The van der Waals surface area contributed by atoms with Gasteiger partial charge in [-0.2, -0.15) is 0 Å². The summed E-state index contributed by atoms with van der Waals surface area (Å²) in [5.74, 6) is 0.452. The van der Waals surface area contributed by atoms with E-state index in [9.17, 15) is 13.6 Å². The topological polar surface area (TPSA) is 40.5 Å². The Hall–Kier alpha value is -0.710. The lowest BCUT2D eigenvalue weighted by Crippen LogP contribution is -2.37. The van der Waals surface area contributed by atoms with Crippen LogP contribution in [0.5, 0.6) is 0 Å². The summed E-state index contributed by atoms with van der Waals surface area (Å²) in [6.45, 7) is -0.823. The molecule has 0 aromatic rings. The van der Waals surface area contributed by atoms with Crippen LogP contribution in [0, 0.1) is 5.92 Å². The average molecular weight is 277 g/mol. The number of hydrogen-bond donors (Lipinski definition) is 1. The van der Waals surface area contributed by atoms with Crippen LogP contribution in [0.4, 0.5) is 8.78 Å². The molecule has 0 aromatic carbocycles. The van der Waals surface area contributed by atoms with Gasteiger partial charge in [-0.15, -0.1) is 0 Å². The lowest BCUT2D eigenvalue weighted by Gasteiger charge is -2.23. The van der Waals surface area contributed by atoms with E-state index in [2.05, 4.69) is 0 Å². The highest BCUT2D eigenvalue weighted by atomic mass is 19.3. The van der Waals surface area contributed by atoms with Crippen LogP contribution in [0.2, 0.25) is 0 Å². The maximum Gasteiger partial charge on any atom is 0.255 e. The van der Waals surface area contributed by atoms with Crippen LogP contribution in [0.1, 0.15) is 51.4 Å². The van der Waals surface area contributed by atoms with Gasteiger partial charge in [-0.25, -0.2) is 8.78 Å². The summed E-state index contributed by atoms with van der Waals surface area (Å²) in [6.07, 6.45) is 5.94. The number of rotatable bonds is 8. The van der Waals surface area contributed by atoms with E-state index in [4.69, 9.17) is 5.11 Å². The second kappa shape index (κ2) is 9.23. The summed E-state index contributed by atoms with van der Waals surface area (Å²) >= 11 is 0. The largest absolute Gasteiger partial charge is 0.395 e. The molecule has 1 aliphatic carbocycles. The van der Waals surface area contributed by atoms with E-state index >= 15 is 0 Å². The monoisotopic (exact) mass is 277 g/mol. The smallest absolute Gasteiger partial charge is 0.255 e. The minimum Gasteiger partial charge on any atom is -0.395 e. The summed E-state index contributed by atoms with van der Waals surface area (Å²) in [4.78, 5) is 12.9. The highest BCUT2D eigenvalue weighted by molar-refractivity contribution is 5.76. The Bertz CT molecular complexity index is 256. The number of aliphatic hydroxyl groups is 1. The average Bonchev–Trinajstić information content (AvgIpc) is 2.39. The minimum atomic E-state index is -2.53. The van der Waals surface area contributed by atoms with Crippen molar-refractivity contribution < 1.29 is 18.7 Å². The molecule has 3 nitrogen and oxygen atoms in total. The highest BCUT2D eigenvalue weighted by Crippen LogP contribution is 2.27. The third kappa shape index (κ3) is 6.85. The molecule has 0 bridgehead atoms. The van der Waals surface area contributed by atoms with E-state index < -0.39 is 13.0 Å². The van der Waals surface area contributed by atoms with Crippen molar-refractivity contribution in [1.29, 1.82) is 0 Å². The number of carbonyl (C=O) groups is 1. The van der Waals surface area contributed by atoms with Gasteiger partial charge in [0.2, 0.25) is 5.91 Å². The van der Waals surface area contributed by atoms with Gasteiger partial charge >= 0.3 is 0 Å². The van der Waals surface area contributed by atoms with E-state index in [1.54, 1.807) is 0 Å². The van der Waals surface area contributed by atoms with Crippen molar-refractivity contribution in [2.75, 3.05) is 19.7 Å². The first-order chi connectivity index (χ1) is 9.13. The first kappa shape index (κ1) is 16.3. The minimum absolute atomic E-state index is 0.00655. The van der Waals surface area contributed by atoms with Crippen molar-refractivity contribution in [3.05, 3.63) is 0 Å². The van der Waals surface area contributed by atoms with E-state index in [-0.39, 0.29) is 19.1 Å². The van der Waals surface area contributed by atoms with Gasteiger partial charge in [-0.3, -0.25) is 4.79 Å². The van der Waals surface area contributed by atoms with Crippen molar-refractivity contribution >= 4 is 5.91 Å². The van der Waals surface area contributed by atoms with Gasteiger partial charge in [-0.05, 0) is 18.8 Å². The van der Waals surface area contributed by atoms with Crippen LogP contribution in [0.25, 0.3) is 0 Å². The molecule has 0 heterocycles. The number of alkyl halides is 2. The van der Waals surface area contributed by atoms with E-state index in [1.807, 2.05) is 0 Å². The number of halogens is 2. The molecule has 1 aliphatic rings. The van der Waals surface area contributed by atoms with Gasteiger partial charge in [0, 0.05) is 13.0 Å². The Labute approximate surface area is 114 Å². The molecule has 5 heteroatoms. The third-order valence-electron chi connectivity index (χ3n) is 3.81. The summed E-state index contributed by atoms with van der Waals surface area (Å²) in [5, 5.41) is 8.79. The molecule has 0 unspecified atom stereocenters. The van der Waals surface area contributed by atoms with Gasteiger partial charge in [0.05, 0.1) is 13.2 Å². The fourth-order valence-electron chi connectivity index (χ4n) is 2.78. The second-order valence-electron chi connectivity index (χ2n) is 5.35. The molecule has 19 heavy (non-hydrogen) atoms. The first-order valence-electron chi connectivity index (χ1n) is 7.30. The summed E-state index contributed by atoms with van der Waals surface area (Å²) in [6, 6.07) is 0. The number of amides is 1. The maximum absolute atomic E-state index is 12.3. The Kier molecular flexibility index (Phi) is 7.94. The van der Waals surface area contributed by atoms with Crippen LogP contribution in [-0.2, 0) is 4.79 Å². The predicted molar refractivity (Wildman–Crippen MR) is 70.1 cm³/mol. The molecule has 1 N–H and O–H groups in total. The summed E-state index contributed by atoms with van der Waals surface area (Å²) < 4.78 is 24.6. The molecule has 1 fully saturated rings. The van der Waals surface area contributed by atoms with Gasteiger partial charge in [0.15, 0.2) is 0 Å². The molecular weight excluding hydrogens is 252 g/mol. The number of nitrogens with zero attached hydrogens (tertiary/aromatic N) is 1. The zero-order chi connectivity index (χ0) is 14.1. The van der Waals surface area contributed by atoms with Crippen LogP contribution in [0.15, 0.2) is 0 Å². The summed E-state index contributed by atoms with van der Waals surface area (Å²) in [7, 11) is 0. The van der Waals surface area contributed by atoms with E-state index in [0.717, 1.165) is 17.7 Å². The van der Waals surface area contributed by atoms with E-state index in [1.165, 1.54) is 32.1 Å². The van der Waals surface area contributed by atoms with Crippen LogP contribution in [0.3, 0.4) is 0 Å². The second-order valence-corrected chi connectivity index (χ2v) is 5.35. The lowest BCUT2D eigenvalue weighted by atomic mass is 9.86. The van der Waals surface area contributed by atoms with Gasteiger partial charge < -0.3 is 10.0 Å². The number of hydrogen-bond acceptors (Lipinski definition) is 2. The van der Waals surface area contributed by atoms with Crippen LogP contribution < -0.4 is 0 Å². The van der Waals surface area contributed by atoms with Crippen molar-refractivity contribution in [3.63, 3.8) is 0 Å². The van der Waals surface area contributed by atoms with Gasteiger partial charge in [-0.1, -0.05) is 32.1 Å². The van der Waals surface area contributed by atoms with Crippen LogP contribution >= 0.6 is 0 Å². The zero-order valence-electron chi connectivity index (χ0n) is 11.5. The van der Waals surface area contributed by atoms with Crippen molar-refractivity contribution in [1.82, 2.24) is 4.90 Å². The predicted octanol–water partition coefficient (Wildman–Crippen LogP) is 2.82. The molecule has 0 aromatic heterocycles. The standard InChI is InChI=1S/C14H25F2NO2/c15-13(16)11-17(9-10-18)14(19)8-4-7-12-5-2-1-3-6-12/h12-13,18H,1-11H2. The number of carbonyl (C=O) groups excluding carboxylic acids is 1. The van der Waals surface area contributed by atoms with Crippen LogP contribution in [-0.4, -0.2) is 42.0 Å². The Balaban J connectivity index is 2.22. The van der Waals surface area contributed by atoms with Crippen molar-refractivity contribution in [2.24, 2.45) is 5.92 Å². The first-order valence-corrected chi connectivity index (χ1v) is 7.30. The van der Waals surface area contributed by atoms with E-state index in [0.29, 0.717) is 12.3 Å². The zero-order valence-corrected chi connectivity index (χ0v) is 11.5. The highest BCUT2D eigenvalue weighted by Gasteiger charge is 2.18. The SMILES string of the molecule is O=C(CCCC1CCCCC1)N(CCO)CC(F)F. The fourth-order valence-corrected chi connectivity index (χ4v) is 2.78. The molecule has 0 saturated heterocycles. The Morgan fingerprint density at radius 1 is 1.26 bits per heavy atom. The molecule has 0 aliphatic heterocycles. The van der Waals surface area contributed by atoms with Gasteiger partial charge in [0.1, 0.15) is 0 Å². The maximum atomic E-state index is 12.3. The fraction of sp³-hybridized carbons (Fsp3) is 0.929. The molecular formula is C14H25F2NO2. The molecule has 1 amide bonds. The Morgan fingerprint density at radius 2 is 1.95 bits per heavy atom. The molecule has 112 valence electrons. The lowest BCUT2D eigenvalue weighted by molar-refractivity contribution is -0.133. The van der Waals surface area contributed by atoms with Crippen molar-refractivity contribution in [2.45, 2.75) is 57.8 Å². The number of aliphatic hydroxyl groups excluding tert-OH is 1. The molecule has 1 rings (SSSR count). The Morgan fingerprint density at radius 3 is 2.53 bits per heavy atom. The normalized spacial score (nSPS) is 16.8. The molecule has 0 atom stereocenters. The quantitative estimate of drug-likeness (QED) is 0.741. The van der Waals surface area contributed by atoms with Crippen molar-refractivity contribution in [3.8, 4) is 0 Å².